The molecule has 0 bridgehead atoms. The number of hydrogen-bond acceptors (Lipinski definition) is 5. The van der Waals surface area contributed by atoms with Gasteiger partial charge in [0.25, 0.3) is 11.7 Å². The van der Waals surface area contributed by atoms with E-state index < -0.39 is 17.7 Å². The molecule has 38 heavy (non-hydrogen) atoms. The van der Waals surface area contributed by atoms with E-state index in [0.29, 0.717) is 24.5 Å². The molecule has 4 rings (SSSR count). The van der Waals surface area contributed by atoms with Gasteiger partial charge in [-0.05, 0) is 60.4 Å². The lowest BCUT2D eigenvalue weighted by molar-refractivity contribution is -0.140. The fourth-order valence-electron chi connectivity index (χ4n) is 4.54. The van der Waals surface area contributed by atoms with E-state index in [1.807, 2.05) is 61.5 Å². The Balaban J connectivity index is 1.69. The van der Waals surface area contributed by atoms with Crippen LogP contribution < -0.4 is 9.47 Å². The number of aliphatic hydroxyl groups is 1. The smallest absolute Gasteiger partial charge is 0.295 e. The number of ketones is 1. The van der Waals surface area contributed by atoms with E-state index in [1.165, 1.54) is 4.90 Å². The van der Waals surface area contributed by atoms with Gasteiger partial charge in [0.15, 0.2) is 0 Å². The molecule has 1 aliphatic heterocycles. The maximum Gasteiger partial charge on any atom is 0.295 e. The molecule has 198 valence electrons. The fraction of sp³-hybridized carbons (Fsp3) is 0.312. The van der Waals surface area contributed by atoms with E-state index in [2.05, 4.69) is 6.92 Å². The van der Waals surface area contributed by atoms with Crippen LogP contribution in [0.5, 0.6) is 11.5 Å². The summed E-state index contributed by atoms with van der Waals surface area (Å²) in [6.45, 7) is 5.65. The minimum Gasteiger partial charge on any atom is -0.507 e. The summed E-state index contributed by atoms with van der Waals surface area (Å²) in [6, 6.07) is 23.1. The van der Waals surface area contributed by atoms with Gasteiger partial charge < -0.3 is 19.5 Å². The first-order valence-electron chi connectivity index (χ1n) is 13.3. The Morgan fingerprint density at radius 3 is 2.05 bits per heavy atom. The predicted molar refractivity (Wildman–Crippen MR) is 148 cm³/mol. The number of benzene rings is 3. The number of nitrogens with zero attached hydrogens (tertiary/aromatic N) is 1. The van der Waals surface area contributed by atoms with Gasteiger partial charge in [-0.3, -0.25) is 9.59 Å². The molecule has 1 amide bonds. The van der Waals surface area contributed by atoms with Gasteiger partial charge in [-0.25, -0.2) is 0 Å². The van der Waals surface area contributed by atoms with Gasteiger partial charge in [-0.15, -0.1) is 0 Å². The van der Waals surface area contributed by atoms with Gasteiger partial charge >= 0.3 is 0 Å². The minimum atomic E-state index is -0.736. The highest BCUT2D eigenvalue weighted by Gasteiger charge is 2.46. The molecule has 3 aromatic rings. The highest BCUT2D eigenvalue weighted by molar-refractivity contribution is 6.46. The molecule has 0 radical (unpaired) electrons. The fourth-order valence-corrected chi connectivity index (χ4v) is 4.54. The Hall–Kier alpha value is -4.06. The SMILES string of the molecule is CCCCCOc1ccc(C2/C(=C(\O)c3ccc(OCCC)cc3)C(=O)C(=O)N2Cc2ccccc2)cc1. The van der Waals surface area contributed by atoms with Crippen molar-refractivity contribution in [3.63, 3.8) is 0 Å². The first kappa shape index (κ1) is 27.0. The van der Waals surface area contributed by atoms with E-state index in [1.54, 1.807) is 24.3 Å². The summed E-state index contributed by atoms with van der Waals surface area (Å²) in [4.78, 5) is 28.1. The predicted octanol–water partition coefficient (Wildman–Crippen LogP) is 6.67. The average molecular weight is 514 g/mol. The van der Waals surface area contributed by atoms with Crippen molar-refractivity contribution in [3.05, 3.63) is 101 Å². The average Bonchev–Trinajstić information content (AvgIpc) is 3.20. The van der Waals surface area contributed by atoms with Crippen molar-refractivity contribution in [1.29, 1.82) is 0 Å². The Morgan fingerprint density at radius 1 is 0.789 bits per heavy atom. The first-order chi connectivity index (χ1) is 18.5. The third-order valence-corrected chi connectivity index (χ3v) is 6.55. The molecule has 1 atom stereocenters. The van der Waals surface area contributed by atoms with E-state index in [4.69, 9.17) is 9.47 Å². The van der Waals surface area contributed by atoms with Gasteiger partial charge in [0.1, 0.15) is 17.3 Å². The number of hydrogen-bond donors (Lipinski definition) is 1. The number of unbranched alkanes of at least 4 members (excludes halogenated alkanes) is 2. The zero-order chi connectivity index (χ0) is 26.9. The van der Waals surface area contributed by atoms with Crippen LogP contribution in [0.3, 0.4) is 0 Å². The number of ether oxygens (including phenoxy) is 2. The van der Waals surface area contributed by atoms with E-state index in [-0.39, 0.29) is 17.9 Å². The van der Waals surface area contributed by atoms with Crippen LogP contribution in [0.25, 0.3) is 5.76 Å². The summed E-state index contributed by atoms with van der Waals surface area (Å²) in [5.74, 6) is -0.129. The molecular formula is C32H35NO5. The summed E-state index contributed by atoms with van der Waals surface area (Å²) < 4.78 is 11.5. The second kappa shape index (κ2) is 13.0. The zero-order valence-corrected chi connectivity index (χ0v) is 22.1. The number of amides is 1. The van der Waals surface area contributed by atoms with Crippen molar-refractivity contribution in [2.24, 2.45) is 0 Å². The van der Waals surface area contributed by atoms with E-state index in [0.717, 1.165) is 42.6 Å². The van der Waals surface area contributed by atoms with Crippen LogP contribution in [-0.2, 0) is 16.1 Å². The maximum absolute atomic E-state index is 13.3. The molecule has 1 N–H and O–H groups in total. The Labute approximate surface area is 224 Å². The Bertz CT molecular complexity index is 1250. The molecule has 6 heteroatoms. The lowest BCUT2D eigenvalue weighted by Gasteiger charge is -2.25. The lowest BCUT2D eigenvalue weighted by Crippen LogP contribution is -2.29. The number of carbonyl (C=O) groups excluding carboxylic acids is 2. The molecule has 0 saturated carbocycles. The normalized spacial score (nSPS) is 16.6. The van der Waals surface area contributed by atoms with Crippen LogP contribution in [0.2, 0.25) is 0 Å². The largest absolute Gasteiger partial charge is 0.507 e. The summed E-state index contributed by atoms with van der Waals surface area (Å²) >= 11 is 0. The first-order valence-corrected chi connectivity index (χ1v) is 13.3. The maximum atomic E-state index is 13.3. The number of aliphatic hydroxyl groups excluding tert-OH is 1. The molecular weight excluding hydrogens is 478 g/mol. The third kappa shape index (κ3) is 6.25. The molecule has 0 spiro atoms. The highest BCUT2D eigenvalue weighted by atomic mass is 16.5. The summed E-state index contributed by atoms with van der Waals surface area (Å²) in [6.07, 6.45) is 4.10. The van der Waals surface area contributed by atoms with Crippen LogP contribution in [0.1, 0.15) is 62.3 Å². The monoisotopic (exact) mass is 513 g/mol. The van der Waals surface area contributed by atoms with Crippen molar-refractivity contribution >= 4 is 17.4 Å². The number of rotatable bonds is 12. The number of carbonyl (C=O) groups is 2. The molecule has 1 aliphatic rings. The standard InChI is InChI=1S/C32H35NO5/c1-3-5-9-21-38-27-16-12-24(13-17-27)29-28(30(34)25-14-18-26(19-15-25)37-20-4-2)31(35)32(36)33(29)22-23-10-7-6-8-11-23/h6-8,10-19,29,34H,3-5,9,20-22H2,1-2H3/b30-28+. The molecule has 1 fully saturated rings. The van der Waals surface area contributed by atoms with Crippen LogP contribution in [-0.4, -0.2) is 34.9 Å². The van der Waals surface area contributed by atoms with Gasteiger partial charge in [0.05, 0.1) is 24.8 Å². The molecule has 1 saturated heterocycles. The molecule has 1 unspecified atom stereocenters. The van der Waals surface area contributed by atoms with Crippen molar-refractivity contribution in [2.75, 3.05) is 13.2 Å². The summed E-state index contributed by atoms with van der Waals surface area (Å²) in [5.41, 5.74) is 2.15. The molecule has 1 heterocycles. The lowest BCUT2D eigenvalue weighted by atomic mass is 9.95. The van der Waals surface area contributed by atoms with E-state index >= 15 is 0 Å². The van der Waals surface area contributed by atoms with Gasteiger partial charge in [0.2, 0.25) is 0 Å². The van der Waals surface area contributed by atoms with Crippen molar-refractivity contribution in [2.45, 2.75) is 52.1 Å². The van der Waals surface area contributed by atoms with Gasteiger partial charge in [-0.1, -0.05) is 69.2 Å². The number of Topliss-reactive ketones (excluding diaryl/α,β-unsaturated/α-hetero) is 1. The van der Waals surface area contributed by atoms with Crippen LogP contribution >= 0.6 is 0 Å². The van der Waals surface area contributed by atoms with Gasteiger partial charge in [-0.2, -0.15) is 0 Å². The Morgan fingerprint density at radius 2 is 1.42 bits per heavy atom. The molecule has 6 nitrogen and oxygen atoms in total. The zero-order valence-electron chi connectivity index (χ0n) is 22.1. The van der Waals surface area contributed by atoms with Crippen LogP contribution in [0.15, 0.2) is 84.4 Å². The molecule has 0 aromatic heterocycles. The van der Waals surface area contributed by atoms with Gasteiger partial charge in [0, 0.05) is 12.1 Å². The van der Waals surface area contributed by atoms with Crippen LogP contribution in [0, 0.1) is 0 Å². The molecule has 0 aliphatic carbocycles. The van der Waals surface area contributed by atoms with Crippen LogP contribution in [0.4, 0.5) is 0 Å². The minimum absolute atomic E-state index is 0.0739. The number of likely N-dealkylation sites (tertiary alicyclic amines) is 1. The van der Waals surface area contributed by atoms with Crippen molar-refractivity contribution in [3.8, 4) is 11.5 Å². The van der Waals surface area contributed by atoms with Crippen molar-refractivity contribution in [1.82, 2.24) is 4.90 Å². The topological polar surface area (TPSA) is 76.1 Å². The highest BCUT2D eigenvalue weighted by Crippen LogP contribution is 2.40. The second-order valence-electron chi connectivity index (χ2n) is 9.41. The second-order valence-corrected chi connectivity index (χ2v) is 9.41. The third-order valence-electron chi connectivity index (χ3n) is 6.55. The Kier molecular flexibility index (Phi) is 9.20. The summed E-state index contributed by atoms with van der Waals surface area (Å²) in [5, 5.41) is 11.3. The molecule has 3 aromatic carbocycles. The quantitative estimate of drug-likeness (QED) is 0.127. The summed E-state index contributed by atoms with van der Waals surface area (Å²) in [7, 11) is 0. The van der Waals surface area contributed by atoms with E-state index in [9.17, 15) is 14.7 Å². The van der Waals surface area contributed by atoms with Crippen molar-refractivity contribution < 1.29 is 24.2 Å².